The molecule has 1 aromatic carbocycles. The lowest BCUT2D eigenvalue weighted by atomic mass is 10.1. The zero-order valence-corrected chi connectivity index (χ0v) is 10.5. The molecule has 1 aliphatic heterocycles. The van der Waals surface area contributed by atoms with Crippen molar-refractivity contribution in [2.45, 2.75) is 18.9 Å². The summed E-state index contributed by atoms with van der Waals surface area (Å²) in [6.07, 6.45) is 1.26. The Morgan fingerprint density at radius 1 is 1.50 bits per heavy atom. The smallest absolute Gasteiger partial charge is 0.261 e. The third kappa shape index (κ3) is 2.55. The number of halogens is 1. The van der Waals surface area contributed by atoms with Gasteiger partial charge in [0.05, 0.1) is 0 Å². The Kier molecular flexibility index (Phi) is 3.83. The van der Waals surface area contributed by atoms with Crippen molar-refractivity contribution in [3.63, 3.8) is 0 Å². The van der Waals surface area contributed by atoms with E-state index in [1.54, 1.807) is 0 Å². The van der Waals surface area contributed by atoms with Gasteiger partial charge in [0.15, 0.2) is 6.10 Å². The van der Waals surface area contributed by atoms with Crippen molar-refractivity contribution in [2.24, 2.45) is 0 Å². The minimum atomic E-state index is -0.354. The molecule has 1 N–H and O–H groups in total. The highest BCUT2D eigenvalue weighted by Crippen LogP contribution is 2.27. The molecule has 1 aliphatic rings. The van der Waals surface area contributed by atoms with Gasteiger partial charge in [0.2, 0.25) is 0 Å². The summed E-state index contributed by atoms with van der Waals surface area (Å²) < 4.78 is 5.58. The van der Waals surface area contributed by atoms with E-state index < -0.39 is 0 Å². The Balaban J connectivity index is 1.88. The van der Waals surface area contributed by atoms with E-state index in [0.717, 1.165) is 23.1 Å². The zero-order chi connectivity index (χ0) is 11.4. The molecule has 1 aromatic rings. The van der Waals surface area contributed by atoms with Gasteiger partial charge in [-0.25, -0.2) is 0 Å². The summed E-state index contributed by atoms with van der Waals surface area (Å²) in [5.41, 5.74) is 1.11. The molecule has 0 aliphatic carbocycles. The Labute approximate surface area is 103 Å². The number of carbonyl (C=O) groups excluding carboxylic acids is 1. The Morgan fingerprint density at radius 3 is 3.06 bits per heavy atom. The number of hydrogen-bond donors (Lipinski definition) is 1. The predicted molar refractivity (Wildman–Crippen MR) is 66.0 cm³/mol. The van der Waals surface area contributed by atoms with E-state index in [9.17, 15) is 4.79 Å². The first-order valence-electron chi connectivity index (χ1n) is 5.39. The van der Waals surface area contributed by atoms with Gasteiger partial charge in [0.1, 0.15) is 5.75 Å². The maximum Gasteiger partial charge on any atom is 0.261 e. The molecule has 1 amide bonds. The molecular formula is C12H14BrNO2. The highest BCUT2D eigenvalue weighted by Gasteiger charge is 2.28. The van der Waals surface area contributed by atoms with Crippen LogP contribution < -0.4 is 10.1 Å². The number of fused-ring (bicyclic) bond motifs is 1. The topological polar surface area (TPSA) is 38.3 Å². The first-order valence-corrected chi connectivity index (χ1v) is 6.51. The normalized spacial score (nSPS) is 17.7. The van der Waals surface area contributed by atoms with Gasteiger partial charge in [-0.2, -0.15) is 0 Å². The Hall–Kier alpha value is -1.03. The van der Waals surface area contributed by atoms with Gasteiger partial charge in [-0.1, -0.05) is 34.1 Å². The number of para-hydroxylation sites is 1. The number of carbonyl (C=O) groups is 1. The van der Waals surface area contributed by atoms with Crippen LogP contribution in [0.5, 0.6) is 5.75 Å². The van der Waals surface area contributed by atoms with E-state index >= 15 is 0 Å². The number of alkyl halides is 1. The number of hydrogen-bond acceptors (Lipinski definition) is 2. The van der Waals surface area contributed by atoms with Crippen molar-refractivity contribution in [3.8, 4) is 5.75 Å². The number of nitrogens with one attached hydrogen (secondary N) is 1. The van der Waals surface area contributed by atoms with Crippen molar-refractivity contribution >= 4 is 21.8 Å². The largest absolute Gasteiger partial charge is 0.480 e. The average molecular weight is 284 g/mol. The lowest BCUT2D eigenvalue weighted by Crippen LogP contribution is -2.37. The van der Waals surface area contributed by atoms with Crippen LogP contribution in [0.15, 0.2) is 24.3 Å². The summed E-state index contributed by atoms with van der Waals surface area (Å²) in [4.78, 5) is 11.7. The summed E-state index contributed by atoms with van der Waals surface area (Å²) in [6, 6.07) is 7.79. The van der Waals surface area contributed by atoms with Crippen LogP contribution in [0.3, 0.4) is 0 Å². The van der Waals surface area contributed by atoms with Crippen LogP contribution in [0.4, 0.5) is 0 Å². The van der Waals surface area contributed by atoms with E-state index in [-0.39, 0.29) is 12.0 Å². The zero-order valence-electron chi connectivity index (χ0n) is 8.91. The molecule has 0 spiro atoms. The quantitative estimate of drug-likeness (QED) is 0.677. The van der Waals surface area contributed by atoms with Crippen LogP contribution in [0.1, 0.15) is 12.0 Å². The molecule has 1 atom stereocenters. The van der Waals surface area contributed by atoms with Gasteiger partial charge in [-0.15, -0.1) is 0 Å². The Morgan fingerprint density at radius 2 is 2.31 bits per heavy atom. The fraction of sp³-hybridized carbons (Fsp3) is 0.417. The third-order valence-corrected chi connectivity index (χ3v) is 3.11. The van der Waals surface area contributed by atoms with E-state index in [0.29, 0.717) is 13.0 Å². The molecule has 86 valence electrons. The minimum Gasteiger partial charge on any atom is -0.480 e. The maximum atomic E-state index is 11.7. The summed E-state index contributed by atoms with van der Waals surface area (Å²) in [7, 11) is 0. The third-order valence-electron chi connectivity index (χ3n) is 2.55. The summed E-state index contributed by atoms with van der Waals surface area (Å²) >= 11 is 3.32. The van der Waals surface area contributed by atoms with Gasteiger partial charge >= 0.3 is 0 Å². The second kappa shape index (κ2) is 5.34. The van der Waals surface area contributed by atoms with E-state index in [1.807, 2.05) is 24.3 Å². The monoisotopic (exact) mass is 283 g/mol. The lowest BCUT2D eigenvalue weighted by Gasteiger charge is -2.10. The lowest BCUT2D eigenvalue weighted by molar-refractivity contribution is -0.127. The van der Waals surface area contributed by atoms with Crippen molar-refractivity contribution in [1.29, 1.82) is 0 Å². The van der Waals surface area contributed by atoms with Crippen molar-refractivity contribution in [3.05, 3.63) is 29.8 Å². The van der Waals surface area contributed by atoms with E-state index in [4.69, 9.17) is 4.74 Å². The van der Waals surface area contributed by atoms with Crippen LogP contribution in [0.2, 0.25) is 0 Å². The highest BCUT2D eigenvalue weighted by molar-refractivity contribution is 9.09. The molecular weight excluding hydrogens is 270 g/mol. The van der Waals surface area contributed by atoms with Crippen LogP contribution in [-0.4, -0.2) is 23.9 Å². The standard InChI is InChI=1S/C12H14BrNO2/c13-6-3-7-14-12(15)11-8-9-4-1-2-5-10(9)16-11/h1-2,4-5,11H,3,6-8H2,(H,14,15). The van der Waals surface area contributed by atoms with Crippen LogP contribution in [0, 0.1) is 0 Å². The number of rotatable bonds is 4. The van der Waals surface area contributed by atoms with Crippen molar-refractivity contribution < 1.29 is 9.53 Å². The first kappa shape index (κ1) is 11.5. The fourth-order valence-corrected chi connectivity index (χ4v) is 2.00. The summed E-state index contributed by atoms with van der Waals surface area (Å²) in [5, 5.41) is 3.77. The first-order chi connectivity index (χ1) is 7.81. The van der Waals surface area contributed by atoms with Gasteiger partial charge < -0.3 is 10.1 Å². The van der Waals surface area contributed by atoms with Gasteiger partial charge in [0.25, 0.3) is 5.91 Å². The predicted octanol–water partition coefficient (Wildman–Crippen LogP) is 1.89. The highest BCUT2D eigenvalue weighted by atomic mass is 79.9. The molecule has 0 aromatic heterocycles. The second-order valence-corrected chi connectivity index (χ2v) is 4.54. The van der Waals surface area contributed by atoms with E-state index in [2.05, 4.69) is 21.2 Å². The van der Waals surface area contributed by atoms with Crippen molar-refractivity contribution in [1.82, 2.24) is 5.32 Å². The molecule has 0 radical (unpaired) electrons. The molecule has 0 bridgehead atoms. The van der Waals surface area contributed by atoms with Crippen LogP contribution in [0.25, 0.3) is 0 Å². The Bertz CT molecular complexity index is 356. The van der Waals surface area contributed by atoms with Gasteiger partial charge in [-0.05, 0) is 18.1 Å². The van der Waals surface area contributed by atoms with Gasteiger partial charge in [-0.3, -0.25) is 4.79 Å². The molecule has 0 saturated heterocycles. The van der Waals surface area contributed by atoms with Crippen LogP contribution >= 0.6 is 15.9 Å². The van der Waals surface area contributed by atoms with Crippen LogP contribution in [-0.2, 0) is 11.2 Å². The molecule has 4 heteroatoms. The minimum absolute atomic E-state index is 0.0165. The molecule has 0 saturated carbocycles. The van der Waals surface area contributed by atoms with Crippen molar-refractivity contribution in [2.75, 3.05) is 11.9 Å². The fourth-order valence-electron chi connectivity index (χ4n) is 1.72. The number of benzene rings is 1. The summed E-state index contributed by atoms with van der Waals surface area (Å²) in [6.45, 7) is 0.695. The molecule has 1 unspecified atom stereocenters. The second-order valence-electron chi connectivity index (χ2n) is 3.75. The average Bonchev–Trinajstić information content (AvgIpc) is 2.73. The molecule has 1 heterocycles. The molecule has 2 rings (SSSR count). The van der Waals surface area contributed by atoms with Gasteiger partial charge in [0, 0.05) is 18.3 Å². The number of amides is 1. The molecule has 0 fully saturated rings. The molecule has 3 nitrogen and oxygen atoms in total. The summed E-state index contributed by atoms with van der Waals surface area (Å²) in [5.74, 6) is 0.820. The number of ether oxygens (including phenoxy) is 1. The molecule has 16 heavy (non-hydrogen) atoms. The van der Waals surface area contributed by atoms with E-state index in [1.165, 1.54) is 0 Å². The SMILES string of the molecule is O=C(NCCCBr)C1Cc2ccccc2O1. The maximum absolute atomic E-state index is 11.7.